The van der Waals surface area contributed by atoms with Gasteiger partial charge < -0.3 is 9.64 Å². The molecule has 1 fully saturated rings. The molecule has 1 aliphatic heterocycles. The molecule has 2 rings (SSSR count). The Hall–Kier alpha value is -0.280. The Bertz CT molecular complexity index is 538. The van der Waals surface area contributed by atoms with Crippen LogP contribution in [-0.2, 0) is 11.1 Å². The molecule has 0 saturated carbocycles. The zero-order valence-corrected chi connectivity index (χ0v) is 13.8. The molecule has 4 heteroatoms. The second-order valence-electron chi connectivity index (χ2n) is 5.05. The highest BCUT2D eigenvalue weighted by Crippen LogP contribution is 2.11. The zero-order valence-electron chi connectivity index (χ0n) is 17.2. The lowest BCUT2D eigenvalue weighted by atomic mass is 10.1. The van der Waals surface area contributed by atoms with E-state index in [2.05, 4.69) is 4.90 Å². The number of hydrogen-bond donors (Lipinski definition) is 0. The molecule has 1 atom stereocenters. The maximum absolute atomic E-state index is 8.14. The van der Waals surface area contributed by atoms with Crippen molar-refractivity contribution in [2.45, 2.75) is 38.5 Å². The zero-order chi connectivity index (χ0) is 18.5. The van der Waals surface area contributed by atoms with Gasteiger partial charge in [-0.25, -0.2) is 0 Å². The lowest BCUT2D eigenvalue weighted by Crippen LogP contribution is -2.31. The number of likely N-dealkylation sites (tertiary alicyclic amines) is 1. The number of rotatable bonds is 8. The van der Waals surface area contributed by atoms with Gasteiger partial charge in [-0.15, -0.1) is 12.4 Å². The van der Waals surface area contributed by atoms with Crippen LogP contribution < -0.4 is 0 Å². The Kier molecular flexibility index (Phi) is 6.56. The fraction of sp³-hybridized carbons (Fsp3) is 0.647. The van der Waals surface area contributed by atoms with Gasteiger partial charge in [0.05, 0.1) is 2.74 Å². The van der Waals surface area contributed by atoms with Crippen LogP contribution in [0.5, 0.6) is 0 Å². The molecular formula is C17H27Cl2NO. The highest BCUT2D eigenvalue weighted by Gasteiger charge is 2.08. The minimum Gasteiger partial charge on any atom is -0.381 e. The Morgan fingerprint density at radius 1 is 1.14 bits per heavy atom. The van der Waals surface area contributed by atoms with Crippen molar-refractivity contribution >= 4 is 24.0 Å². The number of benzene rings is 1. The second kappa shape index (κ2) is 11.3. The molecule has 0 aromatic heterocycles. The van der Waals surface area contributed by atoms with Crippen molar-refractivity contribution in [2.24, 2.45) is 0 Å². The lowest BCUT2D eigenvalue weighted by molar-refractivity contribution is 0.115. The third-order valence-electron chi connectivity index (χ3n) is 3.41. The summed E-state index contributed by atoms with van der Waals surface area (Å²) in [5.74, 6) is 0. The summed E-state index contributed by atoms with van der Waals surface area (Å²) in [6.45, 7) is 0.566. The van der Waals surface area contributed by atoms with Crippen LogP contribution in [0.2, 0.25) is 5.02 Å². The monoisotopic (exact) mass is 336 g/mol. The molecule has 2 nitrogen and oxygen atoms in total. The van der Waals surface area contributed by atoms with Gasteiger partial charge in [0.15, 0.2) is 0 Å². The topological polar surface area (TPSA) is 12.5 Å². The minimum atomic E-state index is -2.54. The first kappa shape index (κ1) is 12.2. The molecule has 21 heavy (non-hydrogen) atoms. The molecule has 120 valence electrons. The van der Waals surface area contributed by atoms with Gasteiger partial charge in [-0.1, -0.05) is 30.2 Å². The average molecular weight is 337 g/mol. The molecule has 1 aliphatic rings. The van der Waals surface area contributed by atoms with E-state index in [-0.39, 0.29) is 19.0 Å². The Labute approximate surface area is 147 Å². The summed E-state index contributed by atoms with van der Waals surface area (Å²) in [5, 5.41) is 0.494. The fourth-order valence-corrected chi connectivity index (χ4v) is 2.43. The van der Waals surface area contributed by atoms with E-state index in [4.69, 9.17) is 23.2 Å². The van der Waals surface area contributed by atoms with Gasteiger partial charge in [-0.05, 0) is 62.8 Å². The summed E-state index contributed by atoms with van der Waals surface area (Å²) in [6, 6.07) is 6.24. The van der Waals surface area contributed by atoms with E-state index in [0.29, 0.717) is 17.0 Å². The highest BCUT2D eigenvalue weighted by molar-refractivity contribution is 6.30. The normalized spacial score (nSPS) is 22.0. The van der Waals surface area contributed by atoms with Gasteiger partial charge in [0.2, 0.25) is 0 Å². The quantitative estimate of drug-likeness (QED) is 0.644. The maximum Gasteiger partial charge on any atom is 0.0567 e. The molecule has 1 aromatic carbocycles. The molecule has 0 N–H and O–H groups in total. The van der Waals surface area contributed by atoms with Crippen molar-refractivity contribution in [3.63, 3.8) is 0 Å². The first-order chi connectivity index (χ1) is 11.7. The first-order valence-corrected chi connectivity index (χ1v) is 7.66. The second-order valence-corrected chi connectivity index (χ2v) is 5.48. The molecule has 1 aromatic rings. The van der Waals surface area contributed by atoms with Crippen molar-refractivity contribution in [3.05, 3.63) is 34.9 Å². The van der Waals surface area contributed by atoms with Gasteiger partial charge in [0.1, 0.15) is 0 Å². The summed E-state index contributed by atoms with van der Waals surface area (Å²) in [5.41, 5.74) is 0.371. The van der Waals surface area contributed by atoms with Gasteiger partial charge in [0, 0.05) is 28.8 Å². The number of hydrogen-bond acceptors (Lipinski definition) is 2. The molecule has 0 amide bonds. The number of ether oxygens (including phenoxy) is 1. The Morgan fingerprint density at radius 2 is 1.86 bits per heavy atom. The van der Waals surface area contributed by atoms with E-state index in [0.717, 1.165) is 19.6 Å². The molecule has 0 radical (unpaired) electrons. The van der Waals surface area contributed by atoms with Crippen molar-refractivity contribution < 1.29 is 11.6 Å². The summed E-state index contributed by atoms with van der Waals surface area (Å²) >= 11 is 5.81. The Balaban J connectivity index is 0.00000338. The molecule has 1 unspecified atom stereocenters. The number of nitrogens with zero attached hydrogens (tertiary/aromatic N) is 1. The molecule has 0 aliphatic carbocycles. The van der Waals surface area contributed by atoms with Crippen molar-refractivity contribution in [1.82, 2.24) is 4.90 Å². The van der Waals surface area contributed by atoms with Crippen molar-refractivity contribution in [2.75, 3.05) is 32.8 Å². The van der Waals surface area contributed by atoms with E-state index in [1.807, 2.05) is 0 Å². The van der Waals surface area contributed by atoms with Crippen molar-refractivity contribution in [1.29, 1.82) is 0 Å². The third-order valence-corrected chi connectivity index (χ3v) is 3.66. The van der Waals surface area contributed by atoms with Crippen LogP contribution in [0.25, 0.3) is 0 Å². The average Bonchev–Trinajstić information content (AvgIpc) is 2.59. The predicted octanol–water partition coefficient (Wildman–Crippen LogP) is 4.59. The van der Waals surface area contributed by atoms with Crippen LogP contribution in [0.3, 0.4) is 0 Å². The van der Waals surface area contributed by atoms with Crippen LogP contribution >= 0.6 is 24.0 Å². The smallest absolute Gasteiger partial charge is 0.0567 e. The lowest BCUT2D eigenvalue weighted by Gasteiger charge is -2.26. The van der Waals surface area contributed by atoms with E-state index in [1.165, 1.54) is 19.3 Å². The van der Waals surface area contributed by atoms with Crippen LogP contribution in [-0.4, -0.2) is 37.7 Å². The summed E-state index contributed by atoms with van der Waals surface area (Å²) in [7, 11) is 0. The van der Waals surface area contributed by atoms with E-state index in [9.17, 15) is 0 Å². The van der Waals surface area contributed by atoms with Crippen LogP contribution in [0.15, 0.2) is 24.3 Å². The van der Waals surface area contributed by atoms with Gasteiger partial charge >= 0.3 is 0 Å². The fourth-order valence-electron chi connectivity index (χ4n) is 2.31. The van der Waals surface area contributed by atoms with E-state index in [1.54, 1.807) is 24.3 Å². The summed E-state index contributed by atoms with van der Waals surface area (Å²) in [6.07, 6.45) is 0.440. The molecule has 0 spiro atoms. The number of aryl methyl sites for hydroxylation is 1. The van der Waals surface area contributed by atoms with Gasteiger partial charge in [0.25, 0.3) is 0 Å². The molecule has 1 heterocycles. The Morgan fingerprint density at radius 3 is 2.57 bits per heavy atom. The summed E-state index contributed by atoms with van der Waals surface area (Å²) in [4.78, 5) is 2.33. The van der Waals surface area contributed by atoms with Crippen LogP contribution in [0.4, 0.5) is 0 Å². The largest absolute Gasteiger partial charge is 0.381 e. The maximum atomic E-state index is 8.14. The van der Waals surface area contributed by atoms with E-state index >= 15 is 0 Å². The van der Waals surface area contributed by atoms with Gasteiger partial charge in [-0.2, -0.15) is 0 Å². The standard InChI is InChI=1S/C17H26ClNO.ClH/c18-17-9-7-16(8-10-17)6-4-14-20-15-5-13-19-11-2-1-3-12-19;/h7-10H,1-6,11-15H2;1H/i4D2,6D,14D2;. The van der Waals surface area contributed by atoms with Crippen LogP contribution in [0.1, 0.15) is 44.5 Å². The van der Waals surface area contributed by atoms with Gasteiger partial charge in [-0.3, -0.25) is 0 Å². The highest BCUT2D eigenvalue weighted by atomic mass is 35.5. The SMILES string of the molecule is Cl.[2H]C(c1ccc(Cl)cc1)C([2H])([2H])C([2H])([2H])OCCCN1CCCCC1. The number of halogens is 2. The molecule has 0 bridgehead atoms. The minimum absolute atomic E-state index is 0. The predicted molar refractivity (Wildman–Crippen MR) is 92.7 cm³/mol. The number of piperidine rings is 1. The van der Waals surface area contributed by atoms with E-state index < -0.39 is 19.3 Å². The van der Waals surface area contributed by atoms with Crippen molar-refractivity contribution in [3.8, 4) is 0 Å². The van der Waals surface area contributed by atoms with Crippen LogP contribution in [0, 0.1) is 0 Å². The third kappa shape index (κ3) is 8.06. The molecular weight excluding hydrogens is 305 g/mol. The first-order valence-electron chi connectivity index (χ1n) is 9.86. The molecule has 1 saturated heterocycles. The summed E-state index contributed by atoms with van der Waals surface area (Å²) < 4.78 is 45.5.